The molecule has 0 heterocycles. The zero-order chi connectivity index (χ0) is 6.41. The third kappa shape index (κ3) is 4.20. The maximum Gasteiger partial charge on any atom is 0.317 e. The van der Waals surface area contributed by atoms with Gasteiger partial charge in [0.05, 0.1) is 0 Å². The Morgan fingerprint density at radius 1 is 1.88 bits per heavy atom. The molecule has 0 aromatic heterocycles. The molecule has 0 aromatic carbocycles. The van der Waals surface area contributed by atoms with Gasteiger partial charge in [0.2, 0.25) is 0 Å². The van der Waals surface area contributed by atoms with Crippen molar-refractivity contribution >= 4 is 26.9 Å². The highest BCUT2D eigenvalue weighted by atomic mass is 32.4. The van der Waals surface area contributed by atoms with E-state index in [9.17, 15) is 4.79 Å². The lowest BCUT2D eigenvalue weighted by molar-refractivity contribution is -0.132. The Kier molecular flexibility index (Phi) is 5.20. The van der Waals surface area contributed by atoms with Crippen molar-refractivity contribution in [1.29, 1.82) is 0 Å². The van der Waals surface area contributed by atoms with Crippen LogP contribution in [0.5, 0.6) is 0 Å². The van der Waals surface area contributed by atoms with Crippen molar-refractivity contribution in [2.24, 2.45) is 0 Å². The van der Waals surface area contributed by atoms with E-state index in [-0.39, 0.29) is 5.97 Å². The molecule has 0 aliphatic heterocycles. The first-order chi connectivity index (χ1) is 3.81. The summed E-state index contributed by atoms with van der Waals surface area (Å²) in [7, 11) is 0.868. The van der Waals surface area contributed by atoms with Gasteiger partial charge in [-0.15, -0.1) is 0 Å². The van der Waals surface area contributed by atoms with Crippen LogP contribution in [0.25, 0.3) is 0 Å². The summed E-state index contributed by atoms with van der Waals surface area (Å²) in [5.74, 6) is -0.0903. The number of carbonyl (C=O) groups is 1. The molecule has 0 saturated carbocycles. The van der Waals surface area contributed by atoms with Crippen molar-refractivity contribution in [2.75, 3.05) is 0 Å². The molecular weight excluding hydrogens is 140 g/mol. The molecule has 0 rings (SSSR count). The lowest BCUT2D eigenvalue weighted by Crippen LogP contribution is -1.95. The van der Waals surface area contributed by atoms with Gasteiger partial charge in [0.15, 0.2) is 0 Å². The third-order valence-corrected chi connectivity index (χ3v) is 1.48. The maximum atomic E-state index is 10.4. The van der Waals surface area contributed by atoms with Crippen molar-refractivity contribution in [3.63, 3.8) is 0 Å². The number of rotatable bonds is 3. The minimum absolute atomic E-state index is 0.0903. The summed E-state index contributed by atoms with van der Waals surface area (Å²) in [6, 6.07) is 0. The van der Waals surface area contributed by atoms with Crippen molar-refractivity contribution < 1.29 is 8.98 Å². The fourth-order valence-corrected chi connectivity index (χ4v) is 1.17. The van der Waals surface area contributed by atoms with E-state index < -0.39 is 0 Å². The van der Waals surface area contributed by atoms with Crippen LogP contribution in [0.1, 0.15) is 19.8 Å². The predicted octanol–water partition coefficient (Wildman–Crippen LogP) is 0.258. The molecular formula is C4H10O2SSi. The topological polar surface area (TPSA) is 26.3 Å². The minimum atomic E-state index is -0.0903. The average molecular weight is 150 g/mol. The smallest absolute Gasteiger partial charge is 0.317 e. The van der Waals surface area contributed by atoms with Gasteiger partial charge in [0, 0.05) is 17.9 Å². The molecule has 0 spiro atoms. The first kappa shape index (κ1) is 8.04. The van der Waals surface area contributed by atoms with Crippen molar-refractivity contribution in [3.05, 3.63) is 0 Å². The van der Waals surface area contributed by atoms with E-state index in [1.54, 1.807) is 0 Å². The molecule has 0 atom stereocenters. The summed E-state index contributed by atoms with van der Waals surface area (Å²) < 4.78 is 4.62. The molecule has 0 unspecified atom stereocenters. The summed E-state index contributed by atoms with van der Waals surface area (Å²) in [4.78, 5) is 10.4. The van der Waals surface area contributed by atoms with E-state index in [0.717, 1.165) is 15.8 Å². The molecule has 0 bridgehead atoms. The van der Waals surface area contributed by atoms with Crippen LogP contribution >= 0.6 is 11.5 Å². The molecule has 48 valence electrons. The van der Waals surface area contributed by atoms with Gasteiger partial charge in [0.25, 0.3) is 0 Å². The minimum Gasteiger partial charge on any atom is -0.400 e. The highest BCUT2D eigenvalue weighted by molar-refractivity contribution is 8.16. The Hall–Kier alpha value is 0.0369. The Morgan fingerprint density at radius 3 is 2.88 bits per heavy atom. The van der Waals surface area contributed by atoms with Gasteiger partial charge < -0.3 is 4.18 Å². The molecule has 0 amide bonds. The van der Waals surface area contributed by atoms with Crippen LogP contribution in [0.15, 0.2) is 0 Å². The zero-order valence-electron chi connectivity index (χ0n) is 5.14. The number of carbonyl (C=O) groups excluding carboxylic acids is 1. The lowest BCUT2D eigenvalue weighted by atomic mass is 10.4. The number of hydrogen-bond acceptors (Lipinski definition) is 3. The van der Waals surface area contributed by atoms with Crippen LogP contribution in [0, 0.1) is 0 Å². The lowest BCUT2D eigenvalue weighted by Gasteiger charge is -1.94. The summed E-state index contributed by atoms with van der Waals surface area (Å²) in [5.41, 5.74) is 0. The molecule has 0 aliphatic rings. The van der Waals surface area contributed by atoms with E-state index in [1.807, 2.05) is 6.92 Å². The van der Waals surface area contributed by atoms with Gasteiger partial charge in [-0.05, 0) is 6.42 Å². The fourth-order valence-electron chi connectivity index (χ4n) is 0.339. The summed E-state index contributed by atoms with van der Waals surface area (Å²) in [5, 5.41) is 0. The quantitative estimate of drug-likeness (QED) is 0.426. The van der Waals surface area contributed by atoms with E-state index in [1.165, 1.54) is 11.5 Å². The highest BCUT2D eigenvalue weighted by Crippen LogP contribution is 1.98. The van der Waals surface area contributed by atoms with E-state index >= 15 is 0 Å². The Morgan fingerprint density at radius 2 is 2.50 bits per heavy atom. The molecule has 0 radical (unpaired) electrons. The standard InChI is InChI=1S/C4H10O2SSi/c1-2-3-4(5)6-7-8/h2-3H2,1,8H3. The fraction of sp³-hybridized carbons (Fsp3) is 0.750. The van der Waals surface area contributed by atoms with Gasteiger partial charge in [-0.3, -0.25) is 4.79 Å². The van der Waals surface area contributed by atoms with Crippen LogP contribution in [0.4, 0.5) is 0 Å². The van der Waals surface area contributed by atoms with Gasteiger partial charge in [-0.1, -0.05) is 6.92 Å². The Labute approximate surface area is 56.3 Å². The van der Waals surface area contributed by atoms with Gasteiger partial charge in [-0.25, -0.2) is 0 Å². The van der Waals surface area contributed by atoms with E-state index in [2.05, 4.69) is 4.18 Å². The van der Waals surface area contributed by atoms with Crippen LogP contribution in [-0.4, -0.2) is 15.4 Å². The summed E-state index contributed by atoms with van der Waals surface area (Å²) in [6.07, 6.45) is 1.43. The van der Waals surface area contributed by atoms with Gasteiger partial charge >= 0.3 is 5.97 Å². The maximum absolute atomic E-state index is 10.4. The molecule has 0 N–H and O–H groups in total. The Bertz CT molecular complexity index is 68.4. The Balaban J connectivity index is 3.06. The molecule has 8 heavy (non-hydrogen) atoms. The second kappa shape index (κ2) is 5.18. The van der Waals surface area contributed by atoms with Gasteiger partial charge in [-0.2, -0.15) is 0 Å². The first-order valence-corrected chi connectivity index (χ1v) is 6.14. The molecule has 0 fully saturated rings. The average Bonchev–Trinajstić information content (AvgIpc) is 1.68. The normalized spacial score (nSPS) is 9.12. The molecule has 0 aromatic rings. The summed E-state index contributed by atoms with van der Waals surface area (Å²) in [6.45, 7) is 1.96. The largest absolute Gasteiger partial charge is 0.400 e. The van der Waals surface area contributed by atoms with E-state index in [0.29, 0.717) is 6.42 Å². The highest BCUT2D eigenvalue weighted by Gasteiger charge is 1.96. The van der Waals surface area contributed by atoms with Crippen molar-refractivity contribution in [1.82, 2.24) is 0 Å². The van der Waals surface area contributed by atoms with Crippen LogP contribution in [0.2, 0.25) is 0 Å². The second-order valence-corrected chi connectivity index (χ2v) is 2.87. The van der Waals surface area contributed by atoms with Crippen molar-refractivity contribution in [3.8, 4) is 0 Å². The third-order valence-electron chi connectivity index (χ3n) is 0.630. The van der Waals surface area contributed by atoms with E-state index in [4.69, 9.17) is 0 Å². The van der Waals surface area contributed by atoms with Crippen molar-refractivity contribution in [2.45, 2.75) is 19.8 Å². The zero-order valence-corrected chi connectivity index (χ0v) is 7.96. The second-order valence-electron chi connectivity index (χ2n) is 1.37. The number of hydrogen-bond donors (Lipinski definition) is 0. The SMILES string of the molecule is CCCC(=O)OS[SiH3]. The molecule has 4 heteroatoms. The first-order valence-electron chi connectivity index (χ1n) is 2.54. The van der Waals surface area contributed by atoms with Crippen LogP contribution in [0.3, 0.4) is 0 Å². The predicted molar refractivity (Wildman–Crippen MR) is 38.5 cm³/mol. The van der Waals surface area contributed by atoms with Crippen LogP contribution < -0.4 is 0 Å². The molecule has 0 saturated heterocycles. The molecule has 0 aliphatic carbocycles. The van der Waals surface area contributed by atoms with Gasteiger partial charge in [0.1, 0.15) is 9.39 Å². The van der Waals surface area contributed by atoms with Crippen LogP contribution in [-0.2, 0) is 8.98 Å². The summed E-state index contributed by atoms with van der Waals surface area (Å²) >= 11 is 1.24. The monoisotopic (exact) mass is 150 g/mol. The molecule has 2 nitrogen and oxygen atoms in total.